The summed E-state index contributed by atoms with van der Waals surface area (Å²) in [4.78, 5) is 34.2. The lowest BCUT2D eigenvalue weighted by molar-refractivity contribution is 0.101. The van der Waals surface area contributed by atoms with Crippen molar-refractivity contribution in [2.75, 3.05) is 38.8 Å². The summed E-state index contributed by atoms with van der Waals surface area (Å²) in [5.74, 6) is -0.907. The van der Waals surface area contributed by atoms with E-state index in [4.69, 9.17) is 0 Å². The monoisotopic (exact) mass is 620 g/mol. The first-order valence-electron chi connectivity index (χ1n) is 11.4. The maximum atomic E-state index is 12.6. The molecule has 0 saturated heterocycles. The topological polar surface area (TPSA) is 159 Å². The number of carbonyl (C=O) groups excluding carboxylic acids is 2. The van der Waals surface area contributed by atoms with Gasteiger partial charge in [0, 0.05) is 50.1 Å². The molecular weight excluding hydrogens is 597 g/mol. The molecule has 2 heterocycles. The van der Waals surface area contributed by atoms with Crippen molar-refractivity contribution in [2.45, 2.75) is 9.79 Å². The smallest absolute Gasteiger partial charge is 0.257 e. The number of benzene rings is 2. The lowest BCUT2D eigenvalue weighted by Gasteiger charge is -2.11. The van der Waals surface area contributed by atoms with E-state index in [1.165, 1.54) is 99.4 Å². The first-order valence-corrected chi connectivity index (χ1v) is 16.0. The number of nitrogens with zero attached hydrogens (tertiary/aromatic N) is 4. The molecule has 12 nitrogen and oxygen atoms in total. The molecule has 40 heavy (non-hydrogen) atoms. The molecule has 16 heteroatoms. The van der Waals surface area contributed by atoms with Gasteiger partial charge in [0.1, 0.15) is 11.4 Å². The van der Waals surface area contributed by atoms with Gasteiger partial charge >= 0.3 is 0 Å². The first-order chi connectivity index (χ1) is 18.8. The van der Waals surface area contributed by atoms with E-state index in [9.17, 15) is 26.4 Å². The van der Waals surface area contributed by atoms with Crippen LogP contribution >= 0.6 is 22.7 Å². The molecule has 2 amide bonds. The lowest BCUT2D eigenvalue weighted by Crippen LogP contribution is -2.22. The summed E-state index contributed by atoms with van der Waals surface area (Å²) < 4.78 is 51.0. The Balaban J connectivity index is 1.39. The van der Waals surface area contributed by atoms with Crippen LogP contribution in [0.3, 0.4) is 0 Å². The van der Waals surface area contributed by atoms with Crippen LogP contribution in [0.4, 0.5) is 10.3 Å². The zero-order chi connectivity index (χ0) is 29.2. The van der Waals surface area contributed by atoms with E-state index in [2.05, 4.69) is 20.6 Å². The molecule has 0 spiro atoms. The summed E-state index contributed by atoms with van der Waals surface area (Å²) in [5.41, 5.74) is 1.51. The van der Waals surface area contributed by atoms with Crippen molar-refractivity contribution in [3.63, 3.8) is 0 Å². The van der Waals surface area contributed by atoms with Crippen molar-refractivity contribution in [1.29, 1.82) is 0 Å². The standard InChI is InChI=1S/C24H24N6O6S4/c1-29(2)39(33,34)17-9-5-15(6-10-17)21(31)27-23-25-19(13-37-23)20-14-38-24(26-20)28-22(32)16-7-11-18(12-8-16)40(35,36)30(3)4/h5-14H,1-4H3,(H,25,27,31)(H,26,28,32). The van der Waals surface area contributed by atoms with Crippen molar-refractivity contribution >= 4 is 64.8 Å². The number of carbonyl (C=O) groups is 2. The number of amides is 2. The molecule has 210 valence electrons. The summed E-state index contributed by atoms with van der Waals surface area (Å²) in [7, 11) is -1.49. The minimum absolute atomic E-state index is 0.0753. The van der Waals surface area contributed by atoms with Gasteiger partial charge in [-0.3, -0.25) is 20.2 Å². The van der Waals surface area contributed by atoms with Crippen LogP contribution in [0, 0.1) is 0 Å². The van der Waals surface area contributed by atoms with E-state index in [-0.39, 0.29) is 20.9 Å². The SMILES string of the molecule is CN(C)S(=O)(=O)c1ccc(C(=O)Nc2nc(-c3csc(NC(=O)c4ccc(S(=O)(=O)N(C)C)cc4)n3)cs2)cc1. The Hall–Kier alpha value is -3.54. The number of anilines is 2. The Labute approximate surface area is 239 Å². The van der Waals surface area contributed by atoms with Crippen molar-refractivity contribution in [2.24, 2.45) is 0 Å². The minimum Gasteiger partial charge on any atom is -0.298 e. The fourth-order valence-corrected chi connectivity index (χ4v) is 6.42. The van der Waals surface area contributed by atoms with Gasteiger partial charge in [-0.1, -0.05) is 0 Å². The molecule has 0 unspecified atom stereocenters. The molecule has 0 atom stereocenters. The predicted molar refractivity (Wildman–Crippen MR) is 154 cm³/mol. The summed E-state index contributed by atoms with van der Waals surface area (Å²) in [6.45, 7) is 0. The number of sulfonamides is 2. The number of thiazole rings is 2. The molecule has 0 radical (unpaired) electrons. The Kier molecular flexibility index (Phi) is 8.48. The highest BCUT2D eigenvalue weighted by Gasteiger charge is 2.20. The molecule has 0 aliphatic heterocycles. The lowest BCUT2D eigenvalue weighted by atomic mass is 10.2. The van der Waals surface area contributed by atoms with Crippen LogP contribution in [0.25, 0.3) is 11.4 Å². The van der Waals surface area contributed by atoms with E-state index in [0.717, 1.165) is 8.61 Å². The zero-order valence-electron chi connectivity index (χ0n) is 21.6. The maximum absolute atomic E-state index is 12.6. The third-order valence-electron chi connectivity index (χ3n) is 5.50. The van der Waals surface area contributed by atoms with Gasteiger partial charge in [-0.05, 0) is 48.5 Å². The molecule has 0 bridgehead atoms. The van der Waals surface area contributed by atoms with E-state index >= 15 is 0 Å². The van der Waals surface area contributed by atoms with E-state index in [0.29, 0.717) is 21.7 Å². The van der Waals surface area contributed by atoms with Crippen molar-refractivity contribution in [1.82, 2.24) is 18.6 Å². The third-order valence-corrected chi connectivity index (χ3v) is 10.7. The van der Waals surface area contributed by atoms with Gasteiger partial charge in [-0.15, -0.1) is 22.7 Å². The maximum Gasteiger partial charge on any atom is 0.257 e. The number of aromatic nitrogens is 2. The third kappa shape index (κ3) is 6.27. The van der Waals surface area contributed by atoms with Crippen LogP contribution in [0.5, 0.6) is 0 Å². The average Bonchev–Trinajstić information content (AvgIpc) is 3.58. The van der Waals surface area contributed by atoms with Gasteiger partial charge < -0.3 is 0 Å². The fourth-order valence-electron chi connectivity index (χ4n) is 3.21. The number of hydrogen-bond acceptors (Lipinski definition) is 10. The second-order valence-electron chi connectivity index (χ2n) is 8.61. The van der Waals surface area contributed by atoms with Gasteiger partial charge in [0.05, 0.1) is 9.79 Å². The fraction of sp³-hybridized carbons (Fsp3) is 0.167. The van der Waals surface area contributed by atoms with Crippen molar-refractivity contribution in [3.05, 3.63) is 70.4 Å². The van der Waals surface area contributed by atoms with Gasteiger partial charge in [0.2, 0.25) is 20.0 Å². The Bertz CT molecular complexity index is 1630. The molecule has 0 aliphatic rings. The Morgan fingerprint density at radius 3 is 1.25 bits per heavy atom. The highest BCUT2D eigenvalue weighted by atomic mass is 32.2. The normalized spacial score (nSPS) is 12.1. The Morgan fingerprint density at radius 2 is 0.950 bits per heavy atom. The predicted octanol–water partition coefficient (Wildman–Crippen LogP) is 3.27. The Morgan fingerprint density at radius 1 is 0.625 bits per heavy atom. The average molecular weight is 621 g/mol. The molecule has 4 rings (SSSR count). The second kappa shape index (κ2) is 11.5. The van der Waals surface area contributed by atoms with E-state index in [1.54, 1.807) is 10.8 Å². The molecule has 4 aromatic rings. The van der Waals surface area contributed by atoms with Gasteiger partial charge in [-0.25, -0.2) is 35.4 Å². The van der Waals surface area contributed by atoms with Crippen molar-refractivity contribution in [3.8, 4) is 11.4 Å². The molecular formula is C24H24N6O6S4. The summed E-state index contributed by atoms with van der Waals surface area (Å²) in [5, 5.41) is 9.40. The number of hydrogen-bond donors (Lipinski definition) is 2. The first kappa shape index (κ1) is 29.4. The van der Waals surface area contributed by atoms with Crippen molar-refractivity contribution < 1.29 is 26.4 Å². The highest BCUT2D eigenvalue weighted by Crippen LogP contribution is 2.29. The molecule has 2 N–H and O–H groups in total. The van der Waals surface area contributed by atoms with Gasteiger partial charge in [0.25, 0.3) is 11.8 Å². The quantitative estimate of drug-likeness (QED) is 0.289. The van der Waals surface area contributed by atoms with Crippen LogP contribution in [0.1, 0.15) is 20.7 Å². The van der Waals surface area contributed by atoms with Gasteiger partial charge in [-0.2, -0.15) is 0 Å². The molecule has 0 saturated carbocycles. The van der Waals surface area contributed by atoms with E-state index in [1.807, 2.05) is 0 Å². The minimum atomic E-state index is -3.60. The summed E-state index contributed by atoms with van der Waals surface area (Å²) >= 11 is 2.37. The highest BCUT2D eigenvalue weighted by molar-refractivity contribution is 7.89. The molecule has 2 aromatic heterocycles. The van der Waals surface area contributed by atoms with Crippen LogP contribution in [0.15, 0.2) is 69.1 Å². The van der Waals surface area contributed by atoms with Gasteiger partial charge in [0.15, 0.2) is 10.3 Å². The zero-order valence-corrected chi connectivity index (χ0v) is 24.9. The molecule has 0 fully saturated rings. The number of nitrogens with one attached hydrogen (secondary N) is 2. The number of rotatable bonds is 9. The summed E-state index contributed by atoms with van der Waals surface area (Å²) in [6, 6.07) is 11.1. The van der Waals surface area contributed by atoms with Crippen LogP contribution in [-0.2, 0) is 20.0 Å². The van der Waals surface area contributed by atoms with Crippen LogP contribution < -0.4 is 10.6 Å². The molecule has 2 aromatic carbocycles. The molecule has 0 aliphatic carbocycles. The van der Waals surface area contributed by atoms with Crippen LogP contribution in [0.2, 0.25) is 0 Å². The largest absolute Gasteiger partial charge is 0.298 e. The van der Waals surface area contributed by atoms with Crippen LogP contribution in [-0.4, -0.2) is 75.4 Å². The van der Waals surface area contributed by atoms with E-state index < -0.39 is 31.9 Å². The second-order valence-corrected chi connectivity index (χ2v) is 14.6. The summed E-state index contributed by atoms with van der Waals surface area (Å²) in [6.07, 6.45) is 0.